The van der Waals surface area contributed by atoms with E-state index in [1.54, 1.807) is 16.0 Å². The Kier molecular flexibility index (Phi) is 5.91. The van der Waals surface area contributed by atoms with Crippen molar-refractivity contribution >= 4 is 34.9 Å². The number of aryl methyl sites for hydroxylation is 2. The molecule has 0 atom stereocenters. The first-order valence-corrected chi connectivity index (χ1v) is 11.1. The topological polar surface area (TPSA) is 102 Å². The number of carbonyl (C=O) groups excluding carboxylic acids is 2. The number of hydrogen-bond donors (Lipinski definition) is 2. The minimum atomic E-state index is -0.328. The van der Waals surface area contributed by atoms with Crippen molar-refractivity contribution in [1.82, 2.24) is 31.1 Å². The number of thioether (sulfide) groups is 1. The molecule has 0 saturated heterocycles. The van der Waals surface area contributed by atoms with Gasteiger partial charge in [-0.3, -0.25) is 20.4 Å². The van der Waals surface area contributed by atoms with Crippen LogP contribution in [0.1, 0.15) is 39.2 Å². The molecule has 8 nitrogen and oxygen atoms in total. The van der Waals surface area contributed by atoms with Crippen LogP contribution in [0.3, 0.4) is 0 Å². The number of hydrazine groups is 1. The van der Waals surface area contributed by atoms with Gasteiger partial charge in [-0.2, -0.15) is 4.68 Å². The molecule has 29 heavy (non-hydrogen) atoms. The maximum Gasteiger partial charge on any atom is 0.270 e. The minimum absolute atomic E-state index is 0.0776. The first-order valence-electron chi connectivity index (χ1n) is 9.28. The smallest absolute Gasteiger partial charge is 0.270 e. The van der Waals surface area contributed by atoms with E-state index in [1.807, 2.05) is 36.6 Å². The number of hydrogen-bond acceptors (Lipinski definition) is 7. The number of aromatic nitrogens is 4. The summed E-state index contributed by atoms with van der Waals surface area (Å²) in [6.07, 6.45) is 4.23. The number of carbonyl (C=O) groups is 2. The maximum atomic E-state index is 12.4. The molecular weight excluding hydrogens is 408 g/mol. The molecule has 10 heteroatoms. The normalized spacial score (nSPS) is 13.0. The van der Waals surface area contributed by atoms with Crippen molar-refractivity contribution < 1.29 is 9.59 Å². The molecule has 0 saturated carbocycles. The lowest BCUT2D eigenvalue weighted by molar-refractivity contribution is -0.119. The fourth-order valence-electron chi connectivity index (χ4n) is 3.16. The lowest BCUT2D eigenvalue weighted by Gasteiger charge is -2.13. The first kappa shape index (κ1) is 19.6. The van der Waals surface area contributed by atoms with E-state index in [0.717, 1.165) is 36.1 Å². The molecule has 0 fully saturated rings. The second-order valence-corrected chi connectivity index (χ2v) is 8.66. The molecule has 0 radical (unpaired) electrons. The van der Waals surface area contributed by atoms with E-state index in [1.165, 1.54) is 23.1 Å². The fraction of sp³-hybridized carbons (Fsp3) is 0.316. The number of amides is 2. The number of rotatable bonds is 5. The summed E-state index contributed by atoms with van der Waals surface area (Å²) >= 11 is 2.82. The minimum Gasteiger partial charge on any atom is -0.272 e. The van der Waals surface area contributed by atoms with Gasteiger partial charge in [0, 0.05) is 10.3 Å². The van der Waals surface area contributed by atoms with Crippen LogP contribution in [-0.2, 0) is 17.6 Å². The number of fused-ring (bicyclic) bond motifs is 1. The molecular formula is C19H20N6O2S2. The summed E-state index contributed by atoms with van der Waals surface area (Å²) in [4.78, 5) is 25.9. The molecule has 3 aromatic rings. The second-order valence-electron chi connectivity index (χ2n) is 6.76. The Labute approximate surface area is 176 Å². The van der Waals surface area contributed by atoms with Gasteiger partial charge in [0.15, 0.2) is 0 Å². The summed E-state index contributed by atoms with van der Waals surface area (Å²) in [7, 11) is 0. The highest BCUT2D eigenvalue weighted by Crippen LogP contribution is 2.30. The molecule has 1 aliphatic carbocycles. The number of thiophene rings is 1. The molecule has 0 unspecified atom stereocenters. The SMILES string of the molecule is Cc1ccc(-n2nnnc2SCC(=O)NNC(=O)c2csc3c2CCCC3)cc1. The zero-order valence-electron chi connectivity index (χ0n) is 15.8. The average Bonchev–Trinajstić information content (AvgIpc) is 3.38. The van der Waals surface area contributed by atoms with Crippen molar-refractivity contribution in [3.8, 4) is 5.69 Å². The zero-order chi connectivity index (χ0) is 20.2. The monoisotopic (exact) mass is 428 g/mol. The second kappa shape index (κ2) is 8.75. The molecule has 1 aromatic carbocycles. The molecule has 0 spiro atoms. The first-order chi connectivity index (χ1) is 14.1. The highest BCUT2D eigenvalue weighted by molar-refractivity contribution is 7.99. The van der Waals surface area contributed by atoms with Crippen LogP contribution in [0.5, 0.6) is 0 Å². The average molecular weight is 429 g/mol. The standard InChI is InChI=1S/C19H20N6O2S2/c1-12-6-8-13(9-7-12)25-19(22-23-24-25)29-11-17(26)20-21-18(27)15-10-28-16-5-3-2-4-14(15)16/h6-10H,2-5,11H2,1H3,(H,20,26)(H,21,27). The highest BCUT2D eigenvalue weighted by Gasteiger charge is 2.20. The fourth-order valence-corrected chi connectivity index (χ4v) is 4.98. The third-order valence-corrected chi connectivity index (χ3v) is 6.68. The van der Waals surface area contributed by atoms with Gasteiger partial charge in [0.25, 0.3) is 5.91 Å². The lowest BCUT2D eigenvalue weighted by atomic mass is 9.96. The van der Waals surface area contributed by atoms with E-state index < -0.39 is 0 Å². The van der Waals surface area contributed by atoms with Gasteiger partial charge in [0.1, 0.15) is 0 Å². The molecule has 150 valence electrons. The van der Waals surface area contributed by atoms with Gasteiger partial charge in [-0.1, -0.05) is 29.5 Å². The summed E-state index contributed by atoms with van der Waals surface area (Å²) < 4.78 is 1.58. The van der Waals surface area contributed by atoms with E-state index in [2.05, 4.69) is 26.4 Å². The van der Waals surface area contributed by atoms with Gasteiger partial charge in [-0.05, 0) is 60.7 Å². The Bertz CT molecular complexity index is 1030. The maximum absolute atomic E-state index is 12.4. The Hall–Kier alpha value is -2.72. The van der Waals surface area contributed by atoms with Crippen LogP contribution in [0, 0.1) is 6.92 Å². The molecule has 2 N–H and O–H groups in total. The predicted octanol–water partition coefficient (Wildman–Crippen LogP) is 2.46. The summed E-state index contributed by atoms with van der Waals surface area (Å²) in [5.74, 6) is -0.521. The summed E-state index contributed by atoms with van der Waals surface area (Å²) in [5, 5.41) is 14.0. The summed E-state index contributed by atoms with van der Waals surface area (Å²) in [5.41, 5.74) is 8.74. The lowest BCUT2D eigenvalue weighted by Crippen LogP contribution is -2.42. The van der Waals surface area contributed by atoms with Crippen LogP contribution in [0.2, 0.25) is 0 Å². The molecule has 2 amide bonds. The largest absolute Gasteiger partial charge is 0.272 e. The Balaban J connectivity index is 1.31. The Morgan fingerprint density at radius 1 is 1.17 bits per heavy atom. The van der Waals surface area contributed by atoms with E-state index in [-0.39, 0.29) is 17.6 Å². The van der Waals surface area contributed by atoms with Gasteiger partial charge < -0.3 is 0 Å². The van der Waals surface area contributed by atoms with Crippen LogP contribution in [0.15, 0.2) is 34.8 Å². The van der Waals surface area contributed by atoms with Crippen molar-refractivity contribution in [3.63, 3.8) is 0 Å². The number of benzene rings is 1. The van der Waals surface area contributed by atoms with E-state index in [0.29, 0.717) is 10.7 Å². The third-order valence-electron chi connectivity index (χ3n) is 4.67. The van der Waals surface area contributed by atoms with Crippen LogP contribution in [-0.4, -0.2) is 37.8 Å². The van der Waals surface area contributed by atoms with Crippen molar-refractivity contribution in [2.75, 3.05) is 5.75 Å². The van der Waals surface area contributed by atoms with E-state index in [9.17, 15) is 9.59 Å². The molecule has 2 heterocycles. The number of nitrogens with one attached hydrogen (secondary N) is 2. The Morgan fingerprint density at radius 3 is 2.79 bits per heavy atom. The molecule has 0 aliphatic heterocycles. The Morgan fingerprint density at radius 2 is 1.97 bits per heavy atom. The van der Waals surface area contributed by atoms with Gasteiger partial charge in [-0.15, -0.1) is 16.4 Å². The molecule has 4 rings (SSSR count). The zero-order valence-corrected chi connectivity index (χ0v) is 17.5. The molecule has 2 aromatic heterocycles. The molecule has 0 bridgehead atoms. The van der Waals surface area contributed by atoms with Gasteiger partial charge in [-0.25, -0.2) is 0 Å². The van der Waals surface area contributed by atoms with Gasteiger partial charge in [0.05, 0.1) is 17.0 Å². The van der Waals surface area contributed by atoms with Gasteiger partial charge in [0.2, 0.25) is 11.1 Å². The van der Waals surface area contributed by atoms with Crippen molar-refractivity contribution in [2.45, 2.75) is 37.8 Å². The summed E-state index contributed by atoms with van der Waals surface area (Å²) in [6.45, 7) is 2.00. The highest BCUT2D eigenvalue weighted by atomic mass is 32.2. The number of tetrazole rings is 1. The van der Waals surface area contributed by atoms with E-state index in [4.69, 9.17) is 0 Å². The predicted molar refractivity (Wildman–Crippen MR) is 111 cm³/mol. The van der Waals surface area contributed by atoms with Crippen LogP contribution in [0.4, 0.5) is 0 Å². The van der Waals surface area contributed by atoms with Crippen LogP contribution in [0.25, 0.3) is 5.69 Å². The van der Waals surface area contributed by atoms with Crippen molar-refractivity contribution in [2.24, 2.45) is 0 Å². The van der Waals surface area contributed by atoms with E-state index >= 15 is 0 Å². The van der Waals surface area contributed by atoms with Crippen molar-refractivity contribution in [3.05, 3.63) is 51.2 Å². The van der Waals surface area contributed by atoms with Crippen LogP contribution < -0.4 is 10.9 Å². The quantitative estimate of drug-likeness (QED) is 0.478. The summed E-state index contributed by atoms with van der Waals surface area (Å²) in [6, 6.07) is 7.77. The van der Waals surface area contributed by atoms with Crippen LogP contribution >= 0.6 is 23.1 Å². The van der Waals surface area contributed by atoms with Gasteiger partial charge >= 0.3 is 0 Å². The third kappa shape index (κ3) is 4.48. The number of nitrogens with zero attached hydrogens (tertiary/aromatic N) is 4. The molecule has 1 aliphatic rings. The van der Waals surface area contributed by atoms with Crippen molar-refractivity contribution in [1.29, 1.82) is 0 Å².